The molecule has 0 bridgehead atoms. The summed E-state index contributed by atoms with van der Waals surface area (Å²) in [4.78, 5) is 10.6. The molecule has 234 valence electrons. The van der Waals surface area contributed by atoms with Gasteiger partial charge >= 0.3 is 0 Å². The molecular weight excluding hydrogens is 611 g/mol. The van der Waals surface area contributed by atoms with E-state index in [-0.39, 0.29) is 0 Å². The average Bonchev–Trinajstić information content (AvgIpc) is 3.75. The molecule has 0 saturated carbocycles. The Labute approximate surface area is 288 Å². The van der Waals surface area contributed by atoms with Crippen LogP contribution >= 0.6 is 0 Å². The van der Waals surface area contributed by atoms with Crippen LogP contribution in [0.4, 0.5) is 0 Å². The Balaban J connectivity index is 1.27. The lowest BCUT2D eigenvalue weighted by molar-refractivity contribution is 0.670. The highest BCUT2D eigenvalue weighted by molar-refractivity contribution is 6.14. The predicted molar refractivity (Wildman–Crippen MR) is 205 cm³/mol. The van der Waals surface area contributed by atoms with Gasteiger partial charge in [-0.1, -0.05) is 133 Å². The van der Waals surface area contributed by atoms with Gasteiger partial charge in [-0.2, -0.15) is 0 Å². The van der Waals surface area contributed by atoms with Crippen molar-refractivity contribution in [2.75, 3.05) is 0 Å². The molecule has 0 unspecified atom stereocenters. The molecule has 0 N–H and O–H groups in total. The lowest BCUT2D eigenvalue weighted by Crippen LogP contribution is -1.99. The molecule has 7 aromatic carbocycles. The summed E-state index contributed by atoms with van der Waals surface area (Å²) < 4.78 is 8.89. The number of hydrogen-bond acceptors (Lipinski definition) is 3. The Bertz CT molecular complexity index is 2870. The third kappa shape index (κ3) is 4.54. The van der Waals surface area contributed by atoms with E-state index in [4.69, 9.17) is 14.4 Å². The number of benzene rings is 7. The van der Waals surface area contributed by atoms with Crippen LogP contribution in [0.2, 0.25) is 0 Å². The summed E-state index contributed by atoms with van der Waals surface area (Å²) in [7, 11) is 0. The highest BCUT2D eigenvalue weighted by atomic mass is 16.3. The molecule has 0 aliphatic heterocycles. The molecule has 0 radical (unpaired) electrons. The summed E-state index contributed by atoms with van der Waals surface area (Å²) in [5.74, 6) is 0.655. The number of rotatable bonds is 5. The van der Waals surface area contributed by atoms with Crippen molar-refractivity contribution in [2.45, 2.75) is 0 Å². The van der Waals surface area contributed by atoms with Gasteiger partial charge in [0.2, 0.25) is 0 Å². The van der Waals surface area contributed by atoms with Gasteiger partial charge in [-0.25, -0.2) is 9.97 Å². The Morgan fingerprint density at radius 3 is 1.86 bits per heavy atom. The first-order valence-corrected chi connectivity index (χ1v) is 16.8. The van der Waals surface area contributed by atoms with Crippen LogP contribution < -0.4 is 0 Å². The van der Waals surface area contributed by atoms with Crippen LogP contribution in [-0.4, -0.2) is 14.5 Å². The lowest BCUT2D eigenvalue weighted by atomic mass is 10.0. The number of para-hydroxylation sites is 5. The lowest BCUT2D eigenvalue weighted by Gasteiger charge is -2.14. The Morgan fingerprint density at radius 1 is 0.420 bits per heavy atom. The van der Waals surface area contributed by atoms with Crippen LogP contribution in [0.25, 0.3) is 94.5 Å². The van der Waals surface area contributed by atoms with Crippen molar-refractivity contribution in [2.24, 2.45) is 0 Å². The summed E-state index contributed by atoms with van der Waals surface area (Å²) in [6.45, 7) is 0. The predicted octanol–water partition coefficient (Wildman–Crippen LogP) is 12.1. The maximum Gasteiger partial charge on any atom is 0.160 e. The van der Waals surface area contributed by atoms with Crippen molar-refractivity contribution in [1.82, 2.24) is 14.5 Å². The number of aromatic nitrogens is 3. The number of furan rings is 1. The van der Waals surface area contributed by atoms with Crippen molar-refractivity contribution in [1.29, 1.82) is 0 Å². The first kappa shape index (κ1) is 28.3. The van der Waals surface area contributed by atoms with E-state index < -0.39 is 0 Å². The standard InChI is InChI=1S/C46H29N3O/c1-3-14-30(15-4-1)31-16-11-17-32(28-31)46-47-40(29-41(48-46)39-25-13-23-37-35-21-8-10-27-43(35)50-45(37)39)38-24-12-22-36-34-20-7-9-26-42(34)49(44(36)38)33-18-5-2-6-19-33/h1-29H. The molecule has 10 aromatic rings. The van der Waals surface area contributed by atoms with E-state index in [1.165, 1.54) is 10.8 Å². The molecule has 3 aromatic heterocycles. The fraction of sp³-hybridized carbons (Fsp3) is 0. The van der Waals surface area contributed by atoms with Gasteiger partial charge in [-0.15, -0.1) is 0 Å². The minimum absolute atomic E-state index is 0.655. The van der Waals surface area contributed by atoms with Gasteiger partial charge in [0.25, 0.3) is 0 Å². The SMILES string of the molecule is c1ccc(-c2cccc(-c3nc(-c4cccc5c4oc4ccccc45)cc(-c4cccc5c6ccccc6n(-c6ccccc6)c45)n3)c2)cc1. The van der Waals surface area contributed by atoms with Crippen LogP contribution in [0, 0.1) is 0 Å². The summed E-state index contributed by atoms with van der Waals surface area (Å²) in [6.07, 6.45) is 0. The molecule has 4 heteroatoms. The van der Waals surface area contributed by atoms with Crippen molar-refractivity contribution < 1.29 is 4.42 Å². The average molecular weight is 640 g/mol. The van der Waals surface area contributed by atoms with Gasteiger partial charge in [0.05, 0.1) is 22.4 Å². The molecule has 0 fully saturated rings. The normalized spacial score (nSPS) is 11.6. The van der Waals surface area contributed by atoms with E-state index in [2.05, 4.69) is 162 Å². The third-order valence-electron chi connectivity index (χ3n) is 9.62. The van der Waals surface area contributed by atoms with Gasteiger partial charge in [-0.05, 0) is 53.6 Å². The quantitative estimate of drug-likeness (QED) is 0.188. The van der Waals surface area contributed by atoms with Crippen LogP contribution in [0.1, 0.15) is 0 Å². The molecule has 4 nitrogen and oxygen atoms in total. The van der Waals surface area contributed by atoms with Gasteiger partial charge < -0.3 is 8.98 Å². The molecule has 0 spiro atoms. The number of hydrogen-bond donors (Lipinski definition) is 0. The zero-order chi connectivity index (χ0) is 33.0. The Kier molecular flexibility index (Phi) is 6.46. The molecule has 0 amide bonds. The van der Waals surface area contributed by atoms with Gasteiger partial charge in [0.1, 0.15) is 11.2 Å². The minimum atomic E-state index is 0.655. The summed E-state index contributed by atoms with van der Waals surface area (Å²) in [5.41, 5.74) is 11.9. The monoisotopic (exact) mass is 639 g/mol. The second kappa shape index (κ2) is 11.4. The minimum Gasteiger partial charge on any atom is -0.455 e. The third-order valence-corrected chi connectivity index (χ3v) is 9.62. The Hall–Kier alpha value is -6.78. The second-order valence-corrected chi connectivity index (χ2v) is 12.6. The van der Waals surface area contributed by atoms with Crippen molar-refractivity contribution >= 4 is 43.7 Å². The summed E-state index contributed by atoms with van der Waals surface area (Å²) in [5, 5.41) is 4.53. The summed E-state index contributed by atoms with van der Waals surface area (Å²) in [6, 6.07) is 61.3. The topological polar surface area (TPSA) is 43.9 Å². The van der Waals surface area contributed by atoms with E-state index in [9.17, 15) is 0 Å². The van der Waals surface area contributed by atoms with Crippen molar-refractivity contribution in [3.8, 4) is 50.7 Å². The van der Waals surface area contributed by atoms with Crippen LogP contribution in [0.3, 0.4) is 0 Å². The molecule has 0 aliphatic rings. The largest absolute Gasteiger partial charge is 0.455 e. The first-order chi connectivity index (χ1) is 24.8. The van der Waals surface area contributed by atoms with E-state index >= 15 is 0 Å². The highest BCUT2D eigenvalue weighted by Gasteiger charge is 2.20. The van der Waals surface area contributed by atoms with E-state index in [1.54, 1.807) is 0 Å². The van der Waals surface area contributed by atoms with Crippen LogP contribution in [0.5, 0.6) is 0 Å². The smallest absolute Gasteiger partial charge is 0.160 e. The maximum absolute atomic E-state index is 6.53. The first-order valence-electron chi connectivity index (χ1n) is 16.8. The maximum atomic E-state index is 6.53. The van der Waals surface area contributed by atoms with E-state index in [0.717, 1.165) is 77.9 Å². The molecule has 0 atom stereocenters. The second-order valence-electron chi connectivity index (χ2n) is 12.6. The van der Waals surface area contributed by atoms with E-state index in [1.807, 2.05) is 18.2 Å². The van der Waals surface area contributed by atoms with Crippen LogP contribution in [-0.2, 0) is 0 Å². The van der Waals surface area contributed by atoms with Crippen molar-refractivity contribution in [3.63, 3.8) is 0 Å². The van der Waals surface area contributed by atoms with Crippen LogP contribution in [0.15, 0.2) is 180 Å². The molecule has 0 saturated heterocycles. The molecule has 3 heterocycles. The number of fused-ring (bicyclic) bond motifs is 6. The Morgan fingerprint density at radius 2 is 1.02 bits per heavy atom. The zero-order valence-corrected chi connectivity index (χ0v) is 27.0. The van der Waals surface area contributed by atoms with Gasteiger partial charge in [0, 0.05) is 43.9 Å². The summed E-state index contributed by atoms with van der Waals surface area (Å²) >= 11 is 0. The number of nitrogens with zero attached hydrogens (tertiary/aromatic N) is 3. The van der Waals surface area contributed by atoms with Gasteiger partial charge in [-0.3, -0.25) is 0 Å². The molecule has 0 aliphatic carbocycles. The highest BCUT2D eigenvalue weighted by Crippen LogP contribution is 2.41. The fourth-order valence-electron chi connectivity index (χ4n) is 7.34. The molecular formula is C46H29N3O. The fourth-order valence-corrected chi connectivity index (χ4v) is 7.34. The zero-order valence-electron chi connectivity index (χ0n) is 27.0. The van der Waals surface area contributed by atoms with Gasteiger partial charge in [0.15, 0.2) is 5.82 Å². The van der Waals surface area contributed by atoms with E-state index in [0.29, 0.717) is 5.82 Å². The van der Waals surface area contributed by atoms with Crippen molar-refractivity contribution in [3.05, 3.63) is 176 Å². The molecule has 50 heavy (non-hydrogen) atoms. The molecule has 10 rings (SSSR count).